The van der Waals surface area contributed by atoms with Crippen LogP contribution in [0, 0.1) is 0 Å². The van der Waals surface area contributed by atoms with E-state index in [9.17, 15) is 9.90 Å². The maximum Gasteiger partial charge on any atom is 0.333 e. The van der Waals surface area contributed by atoms with Crippen molar-refractivity contribution in [2.75, 3.05) is 19.8 Å². The molecule has 0 aliphatic rings. The minimum absolute atomic E-state index is 0.207. The first kappa shape index (κ1) is 25.8. The molecule has 1 N–H and O–H groups in total. The summed E-state index contributed by atoms with van der Waals surface area (Å²) in [4.78, 5) is 16.7. The third-order valence-electron chi connectivity index (χ3n) is 5.00. The van der Waals surface area contributed by atoms with E-state index in [2.05, 4.69) is 5.16 Å². The highest BCUT2D eigenvalue weighted by Gasteiger charge is 2.18. The minimum Gasteiger partial charge on any atom is -0.487 e. The number of hydrogen-bond donors (Lipinski definition) is 1. The zero-order valence-electron chi connectivity index (χ0n) is 20.1. The fourth-order valence-corrected chi connectivity index (χ4v) is 3.22. The van der Waals surface area contributed by atoms with Crippen molar-refractivity contribution in [3.8, 4) is 17.2 Å². The molecule has 0 amide bonds. The Kier molecular flexibility index (Phi) is 10.1. The Balaban J connectivity index is 1.64. The second-order valence-corrected chi connectivity index (χ2v) is 7.73. The third kappa shape index (κ3) is 8.46. The number of ether oxygens (including phenoxy) is 3. The number of para-hydroxylation sites is 1. The number of carboxylic acid groups (broad SMARTS) is 1. The van der Waals surface area contributed by atoms with Gasteiger partial charge in [0.1, 0.15) is 36.2 Å². The van der Waals surface area contributed by atoms with E-state index in [0.29, 0.717) is 31.1 Å². The van der Waals surface area contributed by atoms with Crippen LogP contribution in [0.3, 0.4) is 0 Å². The van der Waals surface area contributed by atoms with Crippen molar-refractivity contribution in [2.45, 2.75) is 32.8 Å². The maximum atomic E-state index is 11.3. The molecular weight excluding hydrogens is 446 g/mol. The van der Waals surface area contributed by atoms with Crippen LogP contribution in [0.4, 0.5) is 0 Å². The van der Waals surface area contributed by atoms with Crippen LogP contribution in [0.1, 0.15) is 31.4 Å². The van der Waals surface area contributed by atoms with Gasteiger partial charge in [-0.25, -0.2) is 4.79 Å². The van der Waals surface area contributed by atoms with E-state index in [1.165, 1.54) is 0 Å². The summed E-state index contributed by atoms with van der Waals surface area (Å²) in [5, 5.41) is 13.5. The molecule has 3 rings (SSSR count). The first-order valence-corrected chi connectivity index (χ1v) is 11.7. The second-order valence-electron chi connectivity index (χ2n) is 7.73. The quantitative estimate of drug-likeness (QED) is 0.182. The average Bonchev–Trinajstić information content (AvgIpc) is 2.88. The molecule has 0 spiro atoms. The van der Waals surface area contributed by atoms with Crippen molar-refractivity contribution in [3.05, 3.63) is 90.0 Å². The number of carboxylic acids is 1. The Morgan fingerprint density at radius 1 is 0.886 bits per heavy atom. The van der Waals surface area contributed by atoms with Crippen molar-refractivity contribution in [2.24, 2.45) is 5.16 Å². The van der Waals surface area contributed by atoms with Crippen molar-refractivity contribution >= 4 is 11.7 Å². The van der Waals surface area contributed by atoms with Crippen LogP contribution in [0.2, 0.25) is 0 Å². The van der Waals surface area contributed by atoms with Crippen LogP contribution in [0.15, 0.2) is 84.0 Å². The zero-order valence-corrected chi connectivity index (χ0v) is 20.1. The van der Waals surface area contributed by atoms with Crippen LogP contribution in [-0.4, -0.2) is 42.7 Å². The Hall–Kier alpha value is -3.84. The van der Waals surface area contributed by atoms with Crippen molar-refractivity contribution in [3.63, 3.8) is 0 Å². The molecule has 7 nitrogen and oxygen atoms in total. The Morgan fingerprint density at radius 2 is 1.54 bits per heavy atom. The molecule has 0 aliphatic heterocycles. The molecular formula is C28H31NO6. The lowest BCUT2D eigenvalue weighted by Crippen LogP contribution is -2.26. The molecule has 35 heavy (non-hydrogen) atoms. The van der Waals surface area contributed by atoms with E-state index < -0.39 is 12.1 Å². The number of aliphatic carboxylic acids is 1. The molecule has 3 aromatic carbocycles. The van der Waals surface area contributed by atoms with Crippen LogP contribution < -0.4 is 9.47 Å². The van der Waals surface area contributed by atoms with E-state index in [0.717, 1.165) is 29.0 Å². The lowest BCUT2D eigenvalue weighted by Gasteiger charge is -2.13. The van der Waals surface area contributed by atoms with E-state index >= 15 is 0 Å². The van der Waals surface area contributed by atoms with Gasteiger partial charge in [0.15, 0.2) is 6.10 Å². The van der Waals surface area contributed by atoms with E-state index in [-0.39, 0.29) is 6.61 Å². The van der Waals surface area contributed by atoms with Gasteiger partial charge in [-0.2, -0.15) is 0 Å². The van der Waals surface area contributed by atoms with Gasteiger partial charge in [-0.3, -0.25) is 0 Å². The van der Waals surface area contributed by atoms with Crippen LogP contribution in [-0.2, 0) is 20.8 Å². The zero-order chi connectivity index (χ0) is 24.9. The van der Waals surface area contributed by atoms with E-state index in [1.54, 1.807) is 6.92 Å². The van der Waals surface area contributed by atoms with Gasteiger partial charge in [-0.05, 0) is 67.4 Å². The standard InChI is InChI=1S/C28H31NO6/c1-3-18-34-29-26(22-12-16-25(17-13-22)35-24-8-6-5-7-9-24)20-33-23-14-10-21(11-15-23)19-27(28(30)31)32-4-2/h5-17,27H,3-4,18-20H2,1-2H3,(H,30,31). The number of nitrogens with zero attached hydrogens (tertiary/aromatic N) is 1. The van der Waals surface area contributed by atoms with Gasteiger partial charge < -0.3 is 24.2 Å². The van der Waals surface area contributed by atoms with Crippen LogP contribution in [0.5, 0.6) is 17.2 Å². The van der Waals surface area contributed by atoms with Crippen molar-refractivity contribution in [1.82, 2.24) is 0 Å². The molecule has 0 radical (unpaired) electrons. The molecule has 3 aromatic rings. The molecule has 0 fully saturated rings. The summed E-state index contributed by atoms with van der Waals surface area (Å²) < 4.78 is 17.1. The Labute approximate surface area is 205 Å². The average molecular weight is 478 g/mol. The summed E-state index contributed by atoms with van der Waals surface area (Å²) in [7, 11) is 0. The topological polar surface area (TPSA) is 86.6 Å². The van der Waals surface area contributed by atoms with Crippen LogP contribution >= 0.6 is 0 Å². The van der Waals surface area contributed by atoms with Gasteiger partial charge in [0, 0.05) is 18.6 Å². The van der Waals surface area contributed by atoms with E-state index in [4.69, 9.17) is 19.0 Å². The van der Waals surface area contributed by atoms with Gasteiger partial charge in [-0.15, -0.1) is 0 Å². The van der Waals surface area contributed by atoms with Gasteiger partial charge in [0.25, 0.3) is 0 Å². The largest absolute Gasteiger partial charge is 0.487 e. The minimum atomic E-state index is -0.972. The Bertz CT molecular complexity index is 1060. The smallest absolute Gasteiger partial charge is 0.333 e. The molecule has 0 aromatic heterocycles. The van der Waals surface area contributed by atoms with Crippen molar-refractivity contribution in [1.29, 1.82) is 0 Å². The monoisotopic (exact) mass is 477 g/mol. The predicted octanol–water partition coefficient (Wildman–Crippen LogP) is 5.72. The lowest BCUT2D eigenvalue weighted by molar-refractivity contribution is -0.149. The maximum absolute atomic E-state index is 11.3. The van der Waals surface area contributed by atoms with Crippen LogP contribution in [0.25, 0.3) is 0 Å². The number of oxime groups is 1. The van der Waals surface area contributed by atoms with Gasteiger partial charge in [0.05, 0.1) is 0 Å². The summed E-state index contributed by atoms with van der Waals surface area (Å²) in [6.07, 6.45) is 0.274. The third-order valence-corrected chi connectivity index (χ3v) is 5.00. The number of carbonyl (C=O) groups is 1. The number of hydrogen-bond acceptors (Lipinski definition) is 6. The number of rotatable bonds is 14. The molecule has 0 bridgehead atoms. The first-order chi connectivity index (χ1) is 17.1. The van der Waals surface area contributed by atoms with Crippen molar-refractivity contribution < 1.29 is 28.9 Å². The highest BCUT2D eigenvalue weighted by atomic mass is 16.6. The highest BCUT2D eigenvalue weighted by molar-refractivity contribution is 6.01. The molecule has 7 heteroatoms. The first-order valence-electron chi connectivity index (χ1n) is 11.7. The van der Waals surface area contributed by atoms with Gasteiger partial charge in [-0.1, -0.05) is 42.4 Å². The summed E-state index contributed by atoms with van der Waals surface area (Å²) in [6.45, 7) is 4.86. The summed E-state index contributed by atoms with van der Waals surface area (Å²) in [5.74, 6) is 1.16. The summed E-state index contributed by atoms with van der Waals surface area (Å²) in [5.41, 5.74) is 2.36. The molecule has 0 aliphatic carbocycles. The fraction of sp³-hybridized carbons (Fsp3) is 0.286. The SMILES string of the molecule is CCCON=C(COc1ccc(CC(OCC)C(=O)O)cc1)c1ccc(Oc2ccccc2)cc1. The molecule has 0 saturated heterocycles. The molecule has 1 unspecified atom stereocenters. The van der Waals surface area contributed by atoms with E-state index in [1.807, 2.05) is 85.8 Å². The number of benzene rings is 3. The normalized spacial score (nSPS) is 12.1. The van der Waals surface area contributed by atoms with Gasteiger partial charge in [0.2, 0.25) is 0 Å². The summed E-state index contributed by atoms with van der Waals surface area (Å²) >= 11 is 0. The Morgan fingerprint density at radius 3 is 2.17 bits per heavy atom. The lowest BCUT2D eigenvalue weighted by atomic mass is 10.1. The predicted molar refractivity (Wildman–Crippen MR) is 134 cm³/mol. The molecule has 184 valence electrons. The molecule has 0 saturated carbocycles. The highest BCUT2D eigenvalue weighted by Crippen LogP contribution is 2.22. The second kappa shape index (κ2) is 13.8. The summed E-state index contributed by atoms with van der Waals surface area (Å²) in [6, 6.07) is 24.5. The fourth-order valence-electron chi connectivity index (χ4n) is 3.22. The molecule has 1 atom stereocenters. The molecule has 0 heterocycles. The van der Waals surface area contributed by atoms with Gasteiger partial charge >= 0.3 is 5.97 Å².